The van der Waals surface area contributed by atoms with E-state index in [2.05, 4.69) is 5.32 Å². The highest BCUT2D eigenvalue weighted by atomic mass is 16.6. The molecule has 1 unspecified atom stereocenters. The summed E-state index contributed by atoms with van der Waals surface area (Å²) in [4.78, 5) is 10.1. The number of nitro benzene ring substituents is 1. The molecule has 1 rings (SSSR count). The maximum Gasteiger partial charge on any atom is 0.269 e. The fourth-order valence-corrected chi connectivity index (χ4v) is 1.25. The molecule has 1 aromatic carbocycles. The lowest BCUT2D eigenvalue weighted by Gasteiger charge is -2.09. The Balaban J connectivity index is 2.78. The molecule has 14 heavy (non-hydrogen) atoms. The minimum atomic E-state index is -0.368. The molecule has 76 valence electrons. The van der Waals surface area contributed by atoms with Gasteiger partial charge in [-0.3, -0.25) is 10.1 Å². The summed E-state index contributed by atoms with van der Waals surface area (Å²) in [6, 6.07) is 7.08. The molecule has 0 aromatic heterocycles. The smallest absolute Gasteiger partial charge is 0.269 e. The Morgan fingerprint density at radius 2 is 2.29 bits per heavy atom. The Morgan fingerprint density at radius 1 is 1.57 bits per heavy atom. The van der Waals surface area contributed by atoms with Crippen LogP contribution in [-0.4, -0.2) is 18.0 Å². The summed E-state index contributed by atoms with van der Waals surface area (Å²) in [7, 11) is 1.88. The molecule has 1 atom stereocenters. The van der Waals surface area contributed by atoms with E-state index in [1.54, 1.807) is 12.1 Å². The monoisotopic (exact) mass is 194 g/mol. The van der Waals surface area contributed by atoms with Crippen molar-refractivity contribution in [2.24, 2.45) is 0 Å². The van der Waals surface area contributed by atoms with Gasteiger partial charge in [-0.2, -0.15) is 0 Å². The first kappa shape index (κ1) is 10.7. The molecule has 0 aliphatic carbocycles. The van der Waals surface area contributed by atoms with Gasteiger partial charge in [0.25, 0.3) is 5.69 Å². The van der Waals surface area contributed by atoms with Gasteiger partial charge in [0, 0.05) is 18.2 Å². The highest BCUT2D eigenvalue weighted by Crippen LogP contribution is 2.14. The Labute approximate surface area is 83.1 Å². The second-order valence-corrected chi connectivity index (χ2v) is 3.32. The predicted octanol–water partition coefficient (Wildman–Crippen LogP) is 1.75. The first-order valence-electron chi connectivity index (χ1n) is 4.54. The molecule has 0 spiro atoms. The molecule has 0 saturated heterocycles. The molecule has 4 nitrogen and oxygen atoms in total. The second-order valence-electron chi connectivity index (χ2n) is 3.32. The van der Waals surface area contributed by atoms with Gasteiger partial charge in [0.15, 0.2) is 0 Å². The van der Waals surface area contributed by atoms with Gasteiger partial charge in [-0.25, -0.2) is 0 Å². The Bertz CT molecular complexity index is 326. The van der Waals surface area contributed by atoms with E-state index in [-0.39, 0.29) is 10.6 Å². The first-order chi connectivity index (χ1) is 6.63. The van der Waals surface area contributed by atoms with E-state index in [0.29, 0.717) is 6.04 Å². The number of non-ortho nitro benzene ring substituents is 1. The molecular weight excluding hydrogens is 180 g/mol. The summed E-state index contributed by atoms with van der Waals surface area (Å²) in [5.74, 6) is 0. The third-order valence-electron chi connectivity index (χ3n) is 2.16. The molecule has 0 bridgehead atoms. The van der Waals surface area contributed by atoms with Crippen LogP contribution in [-0.2, 0) is 6.42 Å². The van der Waals surface area contributed by atoms with Crippen LogP contribution in [0.2, 0.25) is 0 Å². The van der Waals surface area contributed by atoms with Crippen molar-refractivity contribution < 1.29 is 4.92 Å². The third kappa shape index (κ3) is 2.81. The molecule has 1 aromatic rings. The maximum atomic E-state index is 10.5. The quantitative estimate of drug-likeness (QED) is 0.586. The maximum absolute atomic E-state index is 10.5. The highest BCUT2D eigenvalue weighted by molar-refractivity contribution is 5.34. The molecule has 0 saturated carbocycles. The van der Waals surface area contributed by atoms with E-state index < -0.39 is 0 Å². The number of nitrogens with one attached hydrogen (secondary N) is 1. The molecule has 0 fully saturated rings. The minimum absolute atomic E-state index is 0.158. The van der Waals surface area contributed by atoms with Crippen LogP contribution in [0, 0.1) is 10.1 Å². The fraction of sp³-hybridized carbons (Fsp3) is 0.400. The highest BCUT2D eigenvalue weighted by Gasteiger charge is 2.07. The zero-order valence-electron chi connectivity index (χ0n) is 8.36. The fourth-order valence-electron chi connectivity index (χ4n) is 1.25. The van der Waals surface area contributed by atoms with E-state index in [1.165, 1.54) is 6.07 Å². The summed E-state index contributed by atoms with van der Waals surface area (Å²) in [6.45, 7) is 2.04. The molecular formula is C10H14N2O2. The van der Waals surface area contributed by atoms with Gasteiger partial charge in [0.05, 0.1) is 4.92 Å². The van der Waals surface area contributed by atoms with Gasteiger partial charge >= 0.3 is 0 Å². The lowest BCUT2D eigenvalue weighted by molar-refractivity contribution is -0.384. The van der Waals surface area contributed by atoms with E-state index in [9.17, 15) is 10.1 Å². The number of nitro groups is 1. The van der Waals surface area contributed by atoms with Crippen LogP contribution in [0.1, 0.15) is 12.5 Å². The van der Waals surface area contributed by atoms with Gasteiger partial charge in [-0.15, -0.1) is 0 Å². The standard InChI is InChI=1S/C10H14N2O2/c1-8(11-2)6-9-4-3-5-10(7-9)12(13)14/h3-5,7-8,11H,6H2,1-2H3. The number of rotatable bonds is 4. The van der Waals surface area contributed by atoms with E-state index >= 15 is 0 Å². The van der Waals surface area contributed by atoms with Gasteiger partial charge in [-0.1, -0.05) is 12.1 Å². The van der Waals surface area contributed by atoms with E-state index in [0.717, 1.165) is 12.0 Å². The van der Waals surface area contributed by atoms with Crippen molar-refractivity contribution >= 4 is 5.69 Å². The Morgan fingerprint density at radius 3 is 2.86 bits per heavy atom. The van der Waals surface area contributed by atoms with Gasteiger partial charge < -0.3 is 5.32 Å². The average molecular weight is 194 g/mol. The van der Waals surface area contributed by atoms with Gasteiger partial charge in [0.1, 0.15) is 0 Å². The Hall–Kier alpha value is -1.42. The zero-order valence-corrected chi connectivity index (χ0v) is 8.36. The zero-order chi connectivity index (χ0) is 10.6. The largest absolute Gasteiger partial charge is 0.317 e. The number of hydrogen-bond acceptors (Lipinski definition) is 3. The predicted molar refractivity (Wildman–Crippen MR) is 55.3 cm³/mol. The lowest BCUT2D eigenvalue weighted by atomic mass is 10.1. The molecule has 0 aliphatic rings. The molecule has 0 amide bonds. The first-order valence-corrected chi connectivity index (χ1v) is 4.54. The van der Waals surface area contributed by atoms with Crippen LogP contribution in [0.5, 0.6) is 0 Å². The SMILES string of the molecule is CNC(C)Cc1cccc([N+](=O)[O-])c1. The number of nitrogens with zero attached hydrogens (tertiary/aromatic N) is 1. The van der Waals surface area contributed by atoms with Crippen LogP contribution in [0.4, 0.5) is 5.69 Å². The molecule has 1 N–H and O–H groups in total. The molecule has 0 radical (unpaired) electrons. The summed E-state index contributed by atoms with van der Waals surface area (Å²) >= 11 is 0. The van der Waals surface area contributed by atoms with Gasteiger partial charge in [0.2, 0.25) is 0 Å². The molecule has 0 heterocycles. The summed E-state index contributed by atoms with van der Waals surface area (Å²) in [5.41, 5.74) is 1.15. The number of hydrogen-bond donors (Lipinski definition) is 1. The van der Waals surface area contributed by atoms with Crippen LogP contribution in [0.25, 0.3) is 0 Å². The summed E-state index contributed by atoms with van der Waals surface area (Å²) < 4.78 is 0. The van der Waals surface area contributed by atoms with Crippen molar-refractivity contribution in [2.75, 3.05) is 7.05 Å². The topological polar surface area (TPSA) is 55.2 Å². The van der Waals surface area contributed by atoms with Crippen LogP contribution in [0.3, 0.4) is 0 Å². The Kier molecular flexibility index (Phi) is 3.59. The van der Waals surface area contributed by atoms with Crippen molar-refractivity contribution in [2.45, 2.75) is 19.4 Å². The molecule has 4 heteroatoms. The van der Waals surface area contributed by atoms with Crippen molar-refractivity contribution in [3.05, 3.63) is 39.9 Å². The normalized spacial score (nSPS) is 12.4. The van der Waals surface area contributed by atoms with E-state index in [4.69, 9.17) is 0 Å². The average Bonchev–Trinajstić information content (AvgIpc) is 2.18. The summed E-state index contributed by atoms with van der Waals surface area (Å²) in [5, 5.41) is 13.6. The van der Waals surface area contributed by atoms with Crippen molar-refractivity contribution in [3.8, 4) is 0 Å². The van der Waals surface area contributed by atoms with Crippen LogP contribution >= 0.6 is 0 Å². The van der Waals surface area contributed by atoms with Crippen molar-refractivity contribution in [1.29, 1.82) is 0 Å². The van der Waals surface area contributed by atoms with Crippen molar-refractivity contribution in [1.82, 2.24) is 5.32 Å². The summed E-state index contributed by atoms with van der Waals surface area (Å²) in [6.07, 6.45) is 0.804. The third-order valence-corrected chi connectivity index (χ3v) is 2.16. The lowest BCUT2D eigenvalue weighted by Crippen LogP contribution is -2.23. The van der Waals surface area contributed by atoms with Crippen molar-refractivity contribution in [3.63, 3.8) is 0 Å². The van der Waals surface area contributed by atoms with Crippen LogP contribution in [0.15, 0.2) is 24.3 Å². The number of benzene rings is 1. The van der Waals surface area contributed by atoms with E-state index in [1.807, 2.05) is 20.0 Å². The number of likely N-dealkylation sites (N-methyl/N-ethyl adjacent to an activating group) is 1. The van der Waals surface area contributed by atoms with Gasteiger partial charge in [-0.05, 0) is 26.0 Å². The second kappa shape index (κ2) is 4.72. The minimum Gasteiger partial charge on any atom is -0.317 e. The molecule has 0 aliphatic heterocycles. The van der Waals surface area contributed by atoms with Crippen LogP contribution < -0.4 is 5.32 Å².